The van der Waals surface area contributed by atoms with Gasteiger partial charge < -0.3 is 18.9 Å². The van der Waals surface area contributed by atoms with Gasteiger partial charge >= 0.3 is 0 Å². The van der Waals surface area contributed by atoms with Crippen LogP contribution in [0.3, 0.4) is 0 Å². The van der Waals surface area contributed by atoms with Crippen LogP contribution in [0.15, 0.2) is 47.0 Å². The Kier molecular flexibility index (Phi) is 6.34. The van der Waals surface area contributed by atoms with Crippen molar-refractivity contribution in [3.05, 3.63) is 48.3 Å². The molecular formula is C24H25FN4O4S. The van der Waals surface area contributed by atoms with Gasteiger partial charge in [0.05, 0.1) is 12.1 Å². The molecule has 0 bridgehead atoms. The third-order valence-corrected chi connectivity index (χ3v) is 7.41. The van der Waals surface area contributed by atoms with Gasteiger partial charge in [-0.05, 0) is 25.1 Å². The number of rotatable bonds is 7. The van der Waals surface area contributed by atoms with Crippen molar-refractivity contribution >= 4 is 27.4 Å². The number of H-pyrrole nitrogens is 1. The summed E-state index contributed by atoms with van der Waals surface area (Å²) in [5.74, 6) is 1.46. The summed E-state index contributed by atoms with van der Waals surface area (Å²) in [5, 5.41) is 12.0. The number of anilines is 1. The third kappa shape index (κ3) is 4.43. The van der Waals surface area contributed by atoms with Gasteiger partial charge in [0.15, 0.2) is 17.3 Å². The topological polar surface area (TPSA) is 93.5 Å². The van der Waals surface area contributed by atoms with Crippen LogP contribution in [0.4, 0.5) is 10.1 Å². The van der Waals surface area contributed by atoms with Crippen LogP contribution < -0.4 is 9.64 Å². The first-order chi connectivity index (χ1) is 16.5. The number of methoxy groups -OCH3 is 1. The molecule has 2 unspecified atom stereocenters. The van der Waals surface area contributed by atoms with E-state index in [0.717, 1.165) is 17.8 Å². The molecule has 0 aliphatic carbocycles. The lowest BCUT2D eigenvalue weighted by Gasteiger charge is -2.34. The molecule has 1 saturated heterocycles. The van der Waals surface area contributed by atoms with Crippen molar-refractivity contribution in [2.45, 2.75) is 13.0 Å². The van der Waals surface area contributed by atoms with Crippen molar-refractivity contribution in [3.8, 4) is 28.5 Å². The SMILES string of the molecule is COCCOc1cc2[nH]nc(-c3cc(-c4ccc(N5CCS(=O)CC5C)cc4)no3)c2cc1F. The number of aromatic nitrogens is 3. The number of hydrogen-bond donors (Lipinski definition) is 1. The molecule has 2 aromatic heterocycles. The standard InChI is InChI=1S/C24H25FN4O4S/c1-15-14-34(30)10-7-29(15)17-5-3-16(4-6-17)20-12-23(33-28-20)24-18-11-19(25)22(32-9-8-31-2)13-21(18)26-27-24/h3-6,11-13,15H,7-10,14H2,1-2H3,(H,26,27). The lowest BCUT2D eigenvalue weighted by molar-refractivity contribution is 0.144. The van der Waals surface area contributed by atoms with E-state index in [1.165, 1.54) is 6.07 Å². The van der Waals surface area contributed by atoms with E-state index in [1.54, 1.807) is 19.2 Å². The number of ether oxygens (including phenoxy) is 2. The molecule has 3 heterocycles. The Balaban J connectivity index is 1.36. The second-order valence-corrected chi connectivity index (χ2v) is 9.84. The third-order valence-electron chi connectivity index (χ3n) is 5.92. The smallest absolute Gasteiger partial charge is 0.188 e. The van der Waals surface area contributed by atoms with E-state index < -0.39 is 16.6 Å². The van der Waals surface area contributed by atoms with Crippen LogP contribution in [-0.4, -0.2) is 64.0 Å². The van der Waals surface area contributed by atoms with Gasteiger partial charge in [-0.1, -0.05) is 17.3 Å². The van der Waals surface area contributed by atoms with E-state index >= 15 is 0 Å². The van der Waals surface area contributed by atoms with Crippen LogP contribution in [0.5, 0.6) is 5.75 Å². The quantitative estimate of drug-likeness (QED) is 0.396. The molecule has 1 aliphatic heterocycles. The first-order valence-electron chi connectivity index (χ1n) is 11.0. The molecule has 1 fully saturated rings. The summed E-state index contributed by atoms with van der Waals surface area (Å²) in [6.45, 7) is 3.50. The van der Waals surface area contributed by atoms with Crippen LogP contribution in [0.1, 0.15) is 6.92 Å². The Morgan fingerprint density at radius 3 is 2.82 bits per heavy atom. The van der Waals surface area contributed by atoms with Crippen LogP contribution >= 0.6 is 0 Å². The molecule has 2 aromatic carbocycles. The maximum atomic E-state index is 14.6. The molecule has 34 heavy (non-hydrogen) atoms. The van der Waals surface area contributed by atoms with Crippen LogP contribution in [0, 0.1) is 5.82 Å². The summed E-state index contributed by atoms with van der Waals surface area (Å²) >= 11 is 0. The van der Waals surface area contributed by atoms with E-state index in [-0.39, 0.29) is 18.4 Å². The number of fused-ring (bicyclic) bond motifs is 1. The molecule has 0 saturated carbocycles. The number of nitrogens with zero attached hydrogens (tertiary/aromatic N) is 3. The minimum Gasteiger partial charge on any atom is -0.488 e. The molecule has 10 heteroatoms. The van der Waals surface area contributed by atoms with E-state index in [9.17, 15) is 8.60 Å². The Labute approximate surface area is 198 Å². The van der Waals surface area contributed by atoms with E-state index in [2.05, 4.69) is 27.2 Å². The molecule has 0 spiro atoms. The molecule has 2 atom stereocenters. The summed E-state index contributed by atoms with van der Waals surface area (Å²) in [5.41, 5.74) is 3.75. The Bertz CT molecular complexity index is 1320. The normalized spacial score (nSPS) is 18.5. The average Bonchev–Trinajstić information content (AvgIpc) is 3.47. The molecular weight excluding hydrogens is 459 g/mol. The van der Waals surface area contributed by atoms with Gasteiger partial charge in [0.1, 0.15) is 18.0 Å². The van der Waals surface area contributed by atoms with E-state index in [1.807, 2.05) is 24.3 Å². The first kappa shape index (κ1) is 22.5. The number of benzene rings is 2. The van der Waals surface area contributed by atoms with Crippen LogP contribution in [0.2, 0.25) is 0 Å². The maximum absolute atomic E-state index is 14.6. The first-order valence-corrected chi connectivity index (χ1v) is 12.5. The summed E-state index contributed by atoms with van der Waals surface area (Å²) in [6, 6.07) is 13.0. The second kappa shape index (κ2) is 9.55. The second-order valence-electron chi connectivity index (χ2n) is 8.22. The van der Waals surface area contributed by atoms with Crippen molar-refractivity contribution < 1.29 is 22.6 Å². The highest BCUT2D eigenvalue weighted by molar-refractivity contribution is 7.85. The minimum absolute atomic E-state index is 0.132. The molecule has 4 aromatic rings. The van der Waals surface area contributed by atoms with Gasteiger partial charge in [-0.15, -0.1) is 0 Å². The highest BCUT2D eigenvalue weighted by Gasteiger charge is 2.23. The van der Waals surface area contributed by atoms with Crippen LogP contribution in [-0.2, 0) is 15.5 Å². The molecule has 0 amide bonds. The number of hydrogen-bond acceptors (Lipinski definition) is 7. The summed E-state index contributed by atoms with van der Waals surface area (Å²) < 4.78 is 42.3. The summed E-state index contributed by atoms with van der Waals surface area (Å²) in [4.78, 5) is 2.27. The fourth-order valence-corrected chi connectivity index (χ4v) is 5.43. The molecule has 5 rings (SSSR count). The Hall–Kier alpha value is -3.24. The Morgan fingerprint density at radius 1 is 1.24 bits per heavy atom. The van der Waals surface area contributed by atoms with Crippen molar-refractivity contribution in [1.82, 2.24) is 15.4 Å². The number of nitrogens with one attached hydrogen (secondary N) is 1. The molecule has 178 valence electrons. The lowest BCUT2D eigenvalue weighted by atomic mass is 10.1. The summed E-state index contributed by atoms with van der Waals surface area (Å²) in [6.07, 6.45) is 0. The number of aromatic amines is 1. The fourth-order valence-electron chi connectivity index (χ4n) is 4.14. The van der Waals surface area contributed by atoms with Gasteiger partial charge in [-0.3, -0.25) is 9.31 Å². The van der Waals surface area contributed by atoms with E-state index in [4.69, 9.17) is 14.0 Å². The van der Waals surface area contributed by atoms with E-state index in [0.29, 0.717) is 46.2 Å². The predicted octanol–water partition coefficient (Wildman–Crippen LogP) is 4.01. The molecule has 1 N–H and O–H groups in total. The van der Waals surface area contributed by atoms with Crippen molar-refractivity contribution in [2.75, 3.05) is 43.3 Å². The fraction of sp³-hybridized carbons (Fsp3) is 0.333. The van der Waals surface area contributed by atoms with Crippen LogP contribution in [0.25, 0.3) is 33.6 Å². The van der Waals surface area contributed by atoms with Crippen molar-refractivity contribution in [3.63, 3.8) is 0 Å². The highest BCUT2D eigenvalue weighted by Crippen LogP contribution is 2.33. The molecule has 0 radical (unpaired) electrons. The predicted molar refractivity (Wildman–Crippen MR) is 129 cm³/mol. The zero-order chi connectivity index (χ0) is 23.7. The lowest BCUT2D eigenvalue weighted by Crippen LogP contribution is -2.44. The minimum atomic E-state index is -0.734. The highest BCUT2D eigenvalue weighted by atomic mass is 32.2. The van der Waals surface area contributed by atoms with Crippen molar-refractivity contribution in [1.29, 1.82) is 0 Å². The zero-order valence-electron chi connectivity index (χ0n) is 18.9. The summed E-state index contributed by atoms with van der Waals surface area (Å²) in [7, 11) is 0.825. The average molecular weight is 485 g/mol. The van der Waals surface area contributed by atoms with Gasteiger partial charge in [0.2, 0.25) is 0 Å². The van der Waals surface area contributed by atoms with Gasteiger partial charge in [0.25, 0.3) is 0 Å². The monoisotopic (exact) mass is 484 g/mol. The van der Waals surface area contributed by atoms with Gasteiger partial charge in [-0.25, -0.2) is 4.39 Å². The zero-order valence-corrected chi connectivity index (χ0v) is 19.7. The van der Waals surface area contributed by atoms with Gasteiger partial charge in [-0.2, -0.15) is 5.10 Å². The number of halogens is 1. The van der Waals surface area contributed by atoms with Crippen molar-refractivity contribution in [2.24, 2.45) is 0 Å². The Morgan fingerprint density at radius 2 is 2.06 bits per heavy atom. The largest absolute Gasteiger partial charge is 0.488 e. The maximum Gasteiger partial charge on any atom is 0.188 e. The van der Waals surface area contributed by atoms with Gasteiger partial charge in [0, 0.05) is 70.8 Å². The molecule has 8 nitrogen and oxygen atoms in total. The molecule has 1 aliphatic rings.